The molecule has 0 aliphatic carbocycles. The number of hydrogen-bond donors (Lipinski definition) is 1. The van der Waals surface area contributed by atoms with Crippen molar-refractivity contribution < 1.29 is 13.2 Å². The monoisotopic (exact) mass is 273 g/mol. The predicted molar refractivity (Wildman–Crippen MR) is 73.3 cm³/mol. The van der Waals surface area contributed by atoms with Crippen LogP contribution in [0.25, 0.3) is 0 Å². The lowest BCUT2D eigenvalue weighted by Crippen LogP contribution is -2.36. The number of benzene rings is 1. The number of halogens is 3. The van der Waals surface area contributed by atoms with Crippen LogP contribution in [0.4, 0.5) is 18.9 Å². The minimum absolute atomic E-state index is 0.141. The first kappa shape index (κ1) is 15.9. The van der Waals surface area contributed by atoms with Gasteiger partial charge in [0.05, 0.1) is 0 Å². The van der Waals surface area contributed by atoms with E-state index in [0.29, 0.717) is 12.1 Å². The summed E-state index contributed by atoms with van der Waals surface area (Å²) < 4.78 is 38.8. The van der Waals surface area contributed by atoms with E-state index >= 15 is 0 Å². The zero-order valence-electron chi connectivity index (χ0n) is 11.3. The zero-order valence-corrected chi connectivity index (χ0v) is 11.3. The Morgan fingerprint density at radius 1 is 1.00 bits per heavy atom. The van der Waals surface area contributed by atoms with Gasteiger partial charge in [-0.05, 0) is 18.6 Å². The zero-order chi connectivity index (χ0) is 14.1. The molecule has 0 bridgehead atoms. The molecule has 0 fully saturated rings. The highest BCUT2D eigenvalue weighted by Crippen LogP contribution is 2.27. The molecule has 1 aromatic rings. The van der Waals surface area contributed by atoms with Crippen LogP contribution in [0.2, 0.25) is 0 Å². The Kier molecular flexibility index (Phi) is 6.74. The normalized spacial score (nSPS) is 13.3. The van der Waals surface area contributed by atoms with E-state index in [2.05, 4.69) is 12.2 Å². The fourth-order valence-electron chi connectivity index (χ4n) is 2.01. The highest BCUT2D eigenvalue weighted by molar-refractivity contribution is 5.43. The molecule has 0 aromatic heterocycles. The molecular formula is C15H22F3N. The average molecular weight is 273 g/mol. The van der Waals surface area contributed by atoms with Crippen molar-refractivity contribution in [2.75, 3.05) is 5.32 Å². The number of rotatable bonds is 8. The van der Waals surface area contributed by atoms with E-state index in [-0.39, 0.29) is 6.42 Å². The predicted octanol–water partition coefficient (Wildman–Crippen LogP) is 5.39. The number of alkyl halides is 3. The minimum atomic E-state index is -4.19. The Hall–Kier alpha value is -1.19. The molecule has 1 rings (SSSR count). The second kappa shape index (κ2) is 8.08. The molecule has 0 radical (unpaired) electrons. The van der Waals surface area contributed by atoms with Gasteiger partial charge in [-0.2, -0.15) is 13.2 Å². The molecule has 0 saturated carbocycles. The molecular weight excluding hydrogens is 251 g/mol. The van der Waals surface area contributed by atoms with Crippen molar-refractivity contribution in [3.05, 3.63) is 30.3 Å². The summed E-state index contributed by atoms with van der Waals surface area (Å²) in [5, 5.41) is 2.58. The lowest BCUT2D eigenvalue weighted by Gasteiger charge is -2.22. The van der Waals surface area contributed by atoms with Gasteiger partial charge in [0.15, 0.2) is 0 Å². The van der Waals surface area contributed by atoms with E-state index < -0.39 is 12.2 Å². The van der Waals surface area contributed by atoms with Crippen LogP contribution in [0, 0.1) is 0 Å². The SMILES string of the molecule is CCCCCCCC(Nc1ccccc1)C(F)(F)F. The van der Waals surface area contributed by atoms with Gasteiger partial charge in [-0.1, -0.05) is 57.2 Å². The summed E-state index contributed by atoms with van der Waals surface area (Å²) in [6.45, 7) is 2.09. The molecule has 0 aliphatic heterocycles. The topological polar surface area (TPSA) is 12.0 Å². The third-order valence-electron chi connectivity index (χ3n) is 3.11. The van der Waals surface area contributed by atoms with Gasteiger partial charge in [-0.25, -0.2) is 0 Å². The molecule has 0 heterocycles. The van der Waals surface area contributed by atoms with Gasteiger partial charge in [-0.15, -0.1) is 0 Å². The number of unbranched alkanes of at least 4 members (excludes halogenated alkanes) is 4. The van der Waals surface area contributed by atoms with Crippen LogP contribution < -0.4 is 5.32 Å². The standard InChI is InChI=1S/C15H22F3N/c1-2-3-4-5-9-12-14(15(16,17)18)19-13-10-7-6-8-11-13/h6-8,10-11,14,19H,2-5,9,12H2,1H3. The quantitative estimate of drug-likeness (QED) is 0.626. The lowest BCUT2D eigenvalue weighted by molar-refractivity contribution is -0.144. The summed E-state index contributed by atoms with van der Waals surface area (Å²) in [6.07, 6.45) is 0.657. The number of anilines is 1. The molecule has 0 saturated heterocycles. The molecule has 1 atom stereocenters. The summed E-state index contributed by atoms with van der Waals surface area (Å²) >= 11 is 0. The van der Waals surface area contributed by atoms with Crippen molar-refractivity contribution in [2.45, 2.75) is 57.7 Å². The summed E-state index contributed by atoms with van der Waals surface area (Å²) in [5.74, 6) is 0. The molecule has 0 amide bonds. The van der Waals surface area contributed by atoms with Crippen LogP contribution in [-0.2, 0) is 0 Å². The summed E-state index contributed by atoms with van der Waals surface area (Å²) in [5.41, 5.74) is 0.526. The van der Waals surface area contributed by atoms with Gasteiger partial charge >= 0.3 is 6.18 Å². The van der Waals surface area contributed by atoms with Gasteiger partial charge in [-0.3, -0.25) is 0 Å². The van der Waals surface area contributed by atoms with Gasteiger partial charge < -0.3 is 5.32 Å². The third-order valence-corrected chi connectivity index (χ3v) is 3.11. The van der Waals surface area contributed by atoms with E-state index in [4.69, 9.17) is 0 Å². The fourth-order valence-corrected chi connectivity index (χ4v) is 2.01. The second-order valence-electron chi connectivity index (χ2n) is 4.81. The maximum Gasteiger partial charge on any atom is 0.408 e. The molecule has 0 aliphatic rings. The number of nitrogens with one attached hydrogen (secondary N) is 1. The van der Waals surface area contributed by atoms with Crippen LogP contribution in [0.15, 0.2) is 30.3 Å². The van der Waals surface area contributed by atoms with E-state index in [1.165, 1.54) is 0 Å². The van der Waals surface area contributed by atoms with Crippen molar-refractivity contribution >= 4 is 5.69 Å². The average Bonchev–Trinajstić information content (AvgIpc) is 2.37. The number of para-hydroxylation sites is 1. The van der Waals surface area contributed by atoms with Crippen molar-refractivity contribution in [3.8, 4) is 0 Å². The highest BCUT2D eigenvalue weighted by atomic mass is 19.4. The summed E-state index contributed by atoms with van der Waals surface area (Å²) in [7, 11) is 0. The fraction of sp³-hybridized carbons (Fsp3) is 0.600. The van der Waals surface area contributed by atoms with Gasteiger partial charge in [0, 0.05) is 5.69 Å². The molecule has 1 N–H and O–H groups in total. The van der Waals surface area contributed by atoms with Crippen LogP contribution >= 0.6 is 0 Å². The Labute approximate surface area is 113 Å². The van der Waals surface area contributed by atoms with E-state index in [1.807, 2.05) is 0 Å². The Balaban J connectivity index is 2.44. The van der Waals surface area contributed by atoms with Crippen LogP contribution in [-0.4, -0.2) is 12.2 Å². The van der Waals surface area contributed by atoms with Crippen LogP contribution in [0.5, 0.6) is 0 Å². The van der Waals surface area contributed by atoms with Crippen molar-refractivity contribution in [1.82, 2.24) is 0 Å². The summed E-state index contributed by atoms with van der Waals surface area (Å²) in [4.78, 5) is 0. The molecule has 0 spiro atoms. The Bertz CT molecular complexity index is 335. The summed E-state index contributed by atoms with van der Waals surface area (Å²) in [6, 6.07) is 7.13. The van der Waals surface area contributed by atoms with Gasteiger partial charge in [0.1, 0.15) is 6.04 Å². The molecule has 1 aromatic carbocycles. The highest BCUT2D eigenvalue weighted by Gasteiger charge is 2.38. The molecule has 108 valence electrons. The second-order valence-corrected chi connectivity index (χ2v) is 4.81. The van der Waals surface area contributed by atoms with Crippen LogP contribution in [0.1, 0.15) is 45.4 Å². The lowest BCUT2D eigenvalue weighted by atomic mass is 10.1. The smallest absolute Gasteiger partial charge is 0.374 e. The maximum absolute atomic E-state index is 12.9. The van der Waals surface area contributed by atoms with Gasteiger partial charge in [0.25, 0.3) is 0 Å². The van der Waals surface area contributed by atoms with Crippen molar-refractivity contribution in [3.63, 3.8) is 0 Å². The first-order valence-corrected chi connectivity index (χ1v) is 6.92. The molecule has 1 unspecified atom stereocenters. The Morgan fingerprint density at radius 2 is 1.63 bits per heavy atom. The molecule has 1 nitrogen and oxygen atoms in total. The third kappa shape index (κ3) is 6.50. The largest absolute Gasteiger partial charge is 0.408 e. The van der Waals surface area contributed by atoms with Crippen molar-refractivity contribution in [1.29, 1.82) is 0 Å². The minimum Gasteiger partial charge on any atom is -0.374 e. The molecule has 19 heavy (non-hydrogen) atoms. The van der Waals surface area contributed by atoms with E-state index in [1.54, 1.807) is 30.3 Å². The number of hydrogen-bond acceptors (Lipinski definition) is 1. The first-order chi connectivity index (χ1) is 9.04. The van der Waals surface area contributed by atoms with Crippen molar-refractivity contribution in [2.24, 2.45) is 0 Å². The van der Waals surface area contributed by atoms with E-state index in [0.717, 1.165) is 25.7 Å². The maximum atomic E-state index is 12.9. The Morgan fingerprint density at radius 3 is 2.21 bits per heavy atom. The molecule has 4 heteroatoms. The van der Waals surface area contributed by atoms with Gasteiger partial charge in [0.2, 0.25) is 0 Å². The van der Waals surface area contributed by atoms with Crippen LogP contribution in [0.3, 0.4) is 0 Å². The van der Waals surface area contributed by atoms with E-state index in [9.17, 15) is 13.2 Å². The first-order valence-electron chi connectivity index (χ1n) is 6.92.